The number of carbonyl (C=O) groups excluding carboxylic acids is 1. The van der Waals surface area contributed by atoms with Crippen molar-refractivity contribution in [1.29, 1.82) is 0 Å². The summed E-state index contributed by atoms with van der Waals surface area (Å²) in [6.07, 6.45) is 0.588. The molecule has 0 amide bonds. The predicted octanol–water partition coefficient (Wildman–Crippen LogP) is 3.58. The van der Waals surface area contributed by atoms with Crippen molar-refractivity contribution < 1.29 is 13.9 Å². The molecule has 1 aliphatic carbocycles. The summed E-state index contributed by atoms with van der Waals surface area (Å²) >= 11 is 0. The highest BCUT2D eigenvalue weighted by molar-refractivity contribution is 6.05. The van der Waals surface area contributed by atoms with E-state index in [1.165, 1.54) is 0 Å². The highest BCUT2D eigenvalue weighted by Gasteiger charge is 2.47. The van der Waals surface area contributed by atoms with E-state index < -0.39 is 11.6 Å². The molecule has 0 fully saturated rings. The smallest absolute Gasteiger partial charge is 0.172 e. The van der Waals surface area contributed by atoms with Crippen LogP contribution in [0.15, 0.2) is 18.2 Å². The largest absolute Gasteiger partial charge is 0.497 e. The van der Waals surface area contributed by atoms with E-state index in [1.54, 1.807) is 26.2 Å². The molecule has 1 aromatic carbocycles. The minimum atomic E-state index is -1.08. The quantitative estimate of drug-likeness (QED) is 0.816. The van der Waals surface area contributed by atoms with Gasteiger partial charge in [0.15, 0.2) is 5.78 Å². The molecule has 2 unspecified atom stereocenters. The summed E-state index contributed by atoms with van der Waals surface area (Å²) in [4.78, 5) is 12.4. The predicted molar refractivity (Wildman–Crippen MR) is 68.9 cm³/mol. The number of methoxy groups -OCH3 is 1. The molecule has 1 aromatic rings. The van der Waals surface area contributed by atoms with Gasteiger partial charge in [-0.2, -0.15) is 0 Å². The van der Waals surface area contributed by atoms with Gasteiger partial charge in [-0.15, -0.1) is 0 Å². The van der Waals surface area contributed by atoms with E-state index in [9.17, 15) is 9.18 Å². The van der Waals surface area contributed by atoms with Gasteiger partial charge in [0.2, 0.25) is 0 Å². The number of ketones is 1. The van der Waals surface area contributed by atoms with E-state index in [0.29, 0.717) is 18.4 Å². The SMILES string of the molecule is CCCC(F)C1(C)Cc2cc(OC)ccc2C1=O. The molecule has 2 atom stereocenters. The summed E-state index contributed by atoms with van der Waals surface area (Å²) in [6.45, 7) is 3.67. The summed E-state index contributed by atoms with van der Waals surface area (Å²) in [7, 11) is 1.59. The zero-order valence-electron chi connectivity index (χ0n) is 11.1. The molecule has 0 N–H and O–H groups in total. The molecular weight excluding hydrogens is 231 g/mol. The third-order valence-electron chi connectivity index (χ3n) is 3.87. The van der Waals surface area contributed by atoms with Crippen molar-refractivity contribution in [3.8, 4) is 5.75 Å². The number of hydrogen-bond acceptors (Lipinski definition) is 2. The maximum atomic E-state index is 14.2. The highest BCUT2D eigenvalue weighted by atomic mass is 19.1. The van der Waals surface area contributed by atoms with Gasteiger partial charge in [0.25, 0.3) is 0 Å². The van der Waals surface area contributed by atoms with Crippen LogP contribution in [0.3, 0.4) is 0 Å². The molecule has 0 aromatic heterocycles. The lowest BCUT2D eigenvalue weighted by molar-refractivity contribution is 0.0648. The van der Waals surface area contributed by atoms with Crippen molar-refractivity contribution in [3.05, 3.63) is 29.3 Å². The maximum absolute atomic E-state index is 14.2. The monoisotopic (exact) mass is 250 g/mol. The molecule has 2 rings (SSSR count). The first-order valence-corrected chi connectivity index (χ1v) is 6.38. The standard InChI is InChI=1S/C15H19FO2/c1-4-5-13(16)15(2)9-10-8-11(18-3)6-7-12(10)14(15)17/h6-8,13H,4-5,9H2,1-3H3. The first-order chi connectivity index (χ1) is 8.52. The van der Waals surface area contributed by atoms with Gasteiger partial charge in [-0.05, 0) is 43.5 Å². The number of fused-ring (bicyclic) bond motifs is 1. The number of rotatable bonds is 4. The summed E-state index contributed by atoms with van der Waals surface area (Å²) in [5.41, 5.74) is 0.655. The lowest BCUT2D eigenvalue weighted by Crippen LogP contribution is -2.35. The van der Waals surface area contributed by atoms with Crippen molar-refractivity contribution in [3.63, 3.8) is 0 Å². The molecule has 0 aliphatic heterocycles. The molecular formula is C15H19FO2. The molecule has 98 valence electrons. The Hall–Kier alpha value is -1.38. The van der Waals surface area contributed by atoms with Gasteiger partial charge in [0.05, 0.1) is 12.5 Å². The molecule has 0 spiro atoms. The van der Waals surface area contributed by atoms with Crippen molar-refractivity contribution in [2.75, 3.05) is 7.11 Å². The van der Waals surface area contributed by atoms with E-state index in [-0.39, 0.29) is 5.78 Å². The number of ether oxygens (including phenoxy) is 1. The van der Waals surface area contributed by atoms with Gasteiger partial charge in [-0.25, -0.2) is 4.39 Å². The third kappa shape index (κ3) is 1.92. The molecule has 2 nitrogen and oxygen atoms in total. The Morgan fingerprint density at radius 3 is 2.83 bits per heavy atom. The molecule has 3 heteroatoms. The van der Waals surface area contributed by atoms with Crippen molar-refractivity contribution in [2.45, 2.75) is 39.3 Å². The molecule has 0 saturated carbocycles. The Kier molecular flexibility index (Phi) is 3.42. The average Bonchev–Trinajstić information content (AvgIpc) is 2.62. The van der Waals surface area contributed by atoms with Crippen LogP contribution in [0.1, 0.15) is 42.6 Å². The Morgan fingerprint density at radius 2 is 2.22 bits per heavy atom. The van der Waals surface area contributed by atoms with E-state index in [4.69, 9.17) is 4.74 Å². The van der Waals surface area contributed by atoms with Crippen LogP contribution in [0.4, 0.5) is 4.39 Å². The average molecular weight is 250 g/mol. The third-order valence-corrected chi connectivity index (χ3v) is 3.87. The van der Waals surface area contributed by atoms with Crippen LogP contribution >= 0.6 is 0 Å². The van der Waals surface area contributed by atoms with E-state index >= 15 is 0 Å². The van der Waals surface area contributed by atoms with Gasteiger partial charge in [0.1, 0.15) is 11.9 Å². The molecule has 18 heavy (non-hydrogen) atoms. The van der Waals surface area contributed by atoms with Crippen LogP contribution < -0.4 is 4.74 Å². The molecule has 0 bridgehead atoms. The number of hydrogen-bond donors (Lipinski definition) is 0. The highest BCUT2D eigenvalue weighted by Crippen LogP contribution is 2.42. The van der Waals surface area contributed by atoms with Crippen LogP contribution in [-0.4, -0.2) is 19.1 Å². The minimum Gasteiger partial charge on any atom is -0.497 e. The molecule has 1 aliphatic rings. The maximum Gasteiger partial charge on any atom is 0.172 e. The van der Waals surface area contributed by atoms with Crippen LogP contribution in [0.2, 0.25) is 0 Å². The molecule has 0 saturated heterocycles. The van der Waals surface area contributed by atoms with Gasteiger partial charge < -0.3 is 4.74 Å². The van der Waals surface area contributed by atoms with Gasteiger partial charge in [0, 0.05) is 5.56 Å². The van der Waals surface area contributed by atoms with E-state index in [2.05, 4.69) is 0 Å². The summed E-state index contributed by atoms with van der Waals surface area (Å²) in [5.74, 6) is 0.651. The molecule has 0 heterocycles. The second-order valence-corrected chi connectivity index (χ2v) is 5.20. The Bertz CT molecular complexity index is 470. The topological polar surface area (TPSA) is 26.3 Å². The van der Waals surface area contributed by atoms with Gasteiger partial charge in [-0.1, -0.05) is 13.3 Å². The van der Waals surface area contributed by atoms with Crippen LogP contribution in [0.25, 0.3) is 0 Å². The second kappa shape index (κ2) is 4.71. The lowest BCUT2D eigenvalue weighted by Gasteiger charge is -2.26. The zero-order chi connectivity index (χ0) is 13.3. The fraction of sp³-hybridized carbons (Fsp3) is 0.533. The summed E-state index contributed by atoms with van der Waals surface area (Å²) in [6, 6.07) is 5.35. The first-order valence-electron chi connectivity index (χ1n) is 6.38. The summed E-state index contributed by atoms with van der Waals surface area (Å²) in [5, 5.41) is 0. The number of carbonyl (C=O) groups is 1. The number of Topliss-reactive ketones (excluding diaryl/α,β-unsaturated/α-hetero) is 1. The second-order valence-electron chi connectivity index (χ2n) is 5.20. The number of halogens is 1. The van der Waals surface area contributed by atoms with Crippen molar-refractivity contribution >= 4 is 5.78 Å². The Balaban J connectivity index is 2.34. The lowest BCUT2D eigenvalue weighted by atomic mass is 9.79. The Morgan fingerprint density at radius 1 is 1.50 bits per heavy atom. The number of benzene rings is 1. The Labute approximate surface area is 107 Å². The van der Waals surface area contributed by atoms with Crippen LogP contribution in [0.5, 0.6) is 5.75 Å². The summed E-state index contributed by atoms with van der Waals surface area (Å²) < 4.78 is 19.4. The number of alkyl halides is 1. The minimum absolute atomic E-state index is 0.0684. The first kappa shape index (κ1) is 13.1. The van der Waals surface area contributed by atoms with Crippen LogP contribution in [0, 0.1) is 5.41 Å². The van der Waals surface area contributed by atoms with Gasteiger partial charge >= 0.3 is 0 Å². The van der Waals surface area contributed by atoms with Crippen LogP contribution in [-0.2, 0) is 6.42 Å². The normalized spacial score (nSPS) is 23.9. The molecule has 0 radical (unpaired) electrons. The fourth-order valence-electron chi connectivity index (χ4n) is 2.67. The zero-order valence-corrected chi connectivity index (χ0v) is 11.1. The fourth-order valence-corrected chi connectivity index (χ4v) is 2.67. The van der Waals surface area contributed by atoms with Crippen molar-refractivity contribution in [2.24, 2.45) is 5.41 Å². The van der Waals surface area contributed by atoms with Gasteiger partial charge in [-0.3, -0.25) is 4.79 Å². The van der Waals surface area contributed by atoms with E-state index in [1.807, 2.05) is 13.0 Å². The van der Waals surface area contributed by atoms with Crippen molar-refractivity contribution in [1.82, 2.24) is 0 Å². The van der Waals surface area contributed by atoms with E-state index in [0.717, 1.165) is 17.7 Å².